The third-order valence-electron chi connectivity index (χ3n) is 3.01. The maximum Gasteiger partial charge on any atom is 0.118 e. The van der Waals surface area contributed by atoms with Gasteiger partial charge in [0.15, 0.2) is 0 Å². The Morgan fingerprint density at radius 2 is 1.11 bits per heavy atom. The Hall–Kier alpha value is -1.61. The minimum atomic E-state index is 0.379. The summed E-state index contributed by atoms with van der Waals surface area (Å²) in [6.07, 6.45) is 1.75. The summed E-state index contributed by atoms with van der Waals surface area (Å²) in [4.78, 5) is 0. The van der Waals surface area contributed by atoms with Gasteiger partial charge in [-0.25, -0.2) is 0 Å². The lowest BCUT2D eigenvalue weighted by atomic mass is 10.1. The molecule has 0 fully saturated rings. The normalized spacial score (nSPS) is 10.5. The Labute approximate surface area is 118 Å². The summed E-state index contributed by atoms with van der Waals surface area (Å²) in [7, 11) is 0. The first-order chi connectivity index (χ1) is 9.27. The van der Waals surface area contributed by atoms with Crippen molar-refractivity contribution in [3.63, 3.8) is 0 Å². The number of phenols is 2. The van der Waals surface area contributed by atoms with Gasteiger partial charge in [0.2, 0.25) is 0 Å². The number of benzene rings is 2. The van der Waals surface area contributed by atoms with E-state index in [0.717, 1.165) is 35.5 Å². The van der Waals surface area contributed by atoms with Gasteiger partial charge in [0.05, 0.1) is 0 Å². The van der Waals surface area contributed by atoms with Crippen molar-refractivity contribution in [3.8, 4) is 11.5 Å². The van der Waals surface area contributed by atoms with Crippen molar-refractivity contribution in [1.82, 2.24) is 0 Å². The van der Waals surface area contributed by atoms with Gasteiger partial charge in [-0.2, -0.15) is 11.8 Å². The molecule has 3 heteroatoms. The van der Waals surface area contributed by atoms with E-state index in [1.54, 1.807) is 12.1 Å². The molecular formula is C16H18O2S. The van der Waals surface area contributed by atoms with Gasteiger partial charge in [-0.3, -0.25) is 0 Å². The average molecular weight is 274 g/mol. The van der Waals surface area contributed by atoms with Crippen LogP contribution in [-0.4, -0.2) is 21.7 Å². The minimum absolute atomic E-state index is 0.379. The van der Waals surface area contributed by atoms with Crippen molar-refractivity contribution in [2.45, 2.75) is 12.8 Å². The van der Waals surface area contributed by atoms with Gasteiger partial charge in [0.1, 0.15) is 11.5 Å². The van der Waals surface area contributed by atoms with Crippen molar-refractivity contribution in [1.29, 1.82) is 0 Å². The number of aromatic hydroxyl groups is 2. The van der Waals surface area contributed by atoms with Gasteiger partial charge in [0, 0.05) is 0 Å². The van der Waals surface area contributed by atoms with Crippen LogP contribution in [0, 0.1) is 0 Å². The zero-order valence-electron chi connectivity index (χ0n) is 10.7. The predicted molar refractivity (Wildman–Crippen MR) is 80.9 cm³/mol. The van der Waals surface area contributed by atoms with Crippen LogP contribution in [0.25, 0.3) is 0 Å². The molecule has 2 N–H and O–H groups in total. The molecule has 0 atom stereocenters. The van der Waals surface area contributed by atoms with Crippen LogP contribution >= 0.6 is 11.8 Å². The topological polar surface area (TPSA) is 40.5 Å². The molecule has 0 radical (unpaired) electrons. The fourth-order valence-electron chi connectivity index (χ4n) is 1.91. The molecule has 0 heterocycles. The molecule has 19 heavy (non-hydrogen) atoms. The fraction of sp³-hybridized carbons (Fsp3) is 0.250. The lowest BCUT2D eigenvalue weighted by Crippen LogP contribution is -1.93. The number of rotatable bonds is 6. The highest BCUT2D eigenvalue weighted by Gasteiger charge is 2.01. The molecule has 2 aromatic carbocycles. The smallest absolute Gasteiger partial charge is 0.118 e. The quantitative estimate of drug-likeness (QED) is 0.790. The van der Waals surface area contributed by atoms with Crippen LogP contribution in [0.1, 0.15) is 11.1 Å². The molecule has 0 bridgehead atoms. The molecule has 0 spiro atoms. The molecule has 0 aliphatic rings. The molecule has 0 saturated heterocycles. The minimum Gasteiger partial charge on any atom is -0.508 e. The Balaban J connectivity index is 1.71. The molecule has 2 nitrogen and oxygen atoms in total. The number of hydrogen-bond donors (Lipinski definition) is 2. The number of thioether (sulfide) groups is 1. The van der Waals surface area contributed by atoms with Crippen LogP contribution in [-0.2, 0) is 12.8 Å². The van der Waals surface area contributed by atoms with E-state index in [-0.39, 0.29) is 0 Å². The standard InChI is InChI=1S/C16H18O2S/c17-15-7-3-1-5-13(15)9-11-19-12-10-14-6-2-4-8-16(14)18/h1-8,17-18H,9-12H2. The van der Waals surface area contributed by atoms with E-state index in [9.17, 15) is 10.2 Å². The maximum absolute atomic E-state index is 9.64. The van der Waals surface area contributed by atoms with Gasteiger partial charge >= 0.3 is 0 Å². The van der Waals surface area contributed by atoms with Crippen molar-refractivity contribution >= 4 is 11.8 Å². The average Bonchev–Trinajstić information content (AvgIpc) is 2.42. The second-order valence-corrected chi connectivity index (χ2v) is 5.59. The van der Waals surface area contributed by atoms with Crippen LogP contribution in [0.4, 0.5) is 0 Å². The van der Waals surface area contributed by atoms with E-state index in [1.165, 1.54) is 0 Å². The summed E-state index contributed by atoms with van der Waals surface area (Å²) in [5.74, 6) is 2.71. The predicted octanol–water partition coefficient (Wildman–Crippen LogP) is 3.62. The zero-order chi connectivity index (χ0) is 13.5. The fourth-order valence-corrected chi connectivity index (χ4v) is 2.84. The molecule has 0 unspecified atom stereocenters. The lowest BCUT2D eigenvalue weighted by Gasteiger charge is -2.05. The Morgan fingerprint density at radius 1 is 0.684 bits per heavy atom. The molecule has 2 rings (SSSR count). The second-order valence-electron chi connectivity index (χ2n) is 4.37. The summed E-state index contributed by atoms with van der Waals surface area (Å²) in [6.45, 7) is 0. The van der Waals surface area contributed by atoms with E-state index >= 15 is 0 Å². The molecule has 0 saturated carbocycles. The van der Waals surface area contributed by atoms with Gasteiger partial charge in [-0.1, -0.05) is 36.4 Å². The third kappa shape index (κ3) is 4.21. The molecule has 100 valence electrons. The molecule has 0 aliphatic heterocycles. The van der Waals surface area contributed by atoms with E-state index < -0.39 is 0 Å². The summed E-state index contributed by atoms with van der Waals surface area (Å²) in [5, 5.41) is 19.3. The monoisotopic (exact) mass is 274 g/mol. The van der Waals surface area contributed by atoms with E-state index in [0.29, 0.717) is 11.5 Å². The summed E-state index contributed by atoms with van der Waals surface area (Å²) in [5.41, 5.74) is 2.00. The van der Waals surface area contributed by atoms with Crippen LogP contribution in [0.15, 0.2) is 48.5 Å². The van der Waals surface area contributed by atoms with E-state index in [4.69, 9.17) is 0 Å². The first-order valence-electron chi connectivity index (χ1n) is 6.39. The molecule has 2 aromatic rings. The number of aryl methyl sites for hydroxylation is 2. The highest BCUT2D eigenvalue weighted by atomic mass is 32.2. The van der Waals surface area contributed by atoms with Gasteiger partial charge in [0.25, 0.3) is 0 Å². The Morgan fingerprint density at radius 3 is 1.53 bits per heavy atom. The number of para-hydroxylation sites is 2. The first kappa shape index (κ1) is 13.8. The largest absolute Gasteiger partial charge is 0.508 e. The first-order valence-corrected chi connectivity index (χ1v) is 7.54. The molecule has 0 aliphatic carbocycles. The summed E-state index contributed by atoms with van der Waals surface area (Å²) < 4.78 is 0. The third-order valence-corrected chi connectivity index (χ3v) is 4.00. The molecule has 0 amide bonds. The Bertz CT molecular complexity index is 478. The highest BCUT2D eigenvalue weighted by Crippen LogP contribution is 2.20. The van der Waals surface area contributed by atoms with Crippen molar-refractivity contribution in [2.24, 2.45) is 0 Å². The highest BCUT2D eigenvalue weighted by molar-refractivity contribution is 7.99. The van der Waals surface area contributed by atoms with E-state index in [1.807, 2.05) is 48.2 Å². The second kappa shape index (κ2) is 7.10. The lowest BCUT2D eigenvalue weighted by molar-refractivity contribution is 0.468. The number of hydrogen-bond acceptors (Lipinski definition) is 3. The van der Waals surface area contributed by atoms with Crippen LogP contribution in [0.5, 0.6) is 11.5 Å². The molecular weight excluding hydrogens is 256 g/mol. The van der Waals surface area contributed by atoms with Gasteiger partial charge in [-0.05, 0) is 47.6 Å². The molecule has 0 aromatic heterocycles. The van der Waals surface area contributed by atoms with Gasteiger partial charge in [-0.15, -0.1) is 0 Å². The van der Waals surface area contributed by atoms with Crippen LogP contribution < -0.4 is 0 Å². The van der Waals surface area contributed by atoms with Crippen molar-refractivity contribution in [3.05, 3.63) is 59.7 Å². The van der Waals surface area contributed by atoms with Crippen LogP contribution in [0.3, 0.4) is 0 Å². The maximum atomic E-state index is 9.64. The summed E-state index contributed by atoms with van der Waals surface area (Å²) in [6, 6.07) is 14.9. The van der Waals surface area contributed by atoms with Crippen LogP contribution in [0.2, 0.25) is 0 Å². The number of phenolic OH excluding ortho intramolecular Hbond substituents is 2. The van der Waals surface area contributed by atoms with Crippen molar-refractivity contribution < 1.29 is 10.2 Å². The zero-order valence-corrected chi connectivity index (χ0v) is 11.6. The SMILES string of the molecule is Oc1ccccc1CCSCCc1ccccc1O. The van der Waals surface area contributed by atoms with Gasteiger partial charge < -0.3 is 10.2 Å². The Kier molecular flexibility index (Phi) is 5.16. The van der Waals surface area contributed by atoms with Crippen molar-refractivity contribution in [2.75, 3.05) is 11.5 Å². The van der Waals surface area contributed by atoms with E-state index in [2.05, 4.69) is 0 Å². The summed E-state index contributed by atoms with van der Waals surface area (Å²) >= 11 is 1.84.